The normalized spacial score (nSPS) is 9.42. The summed E-state index contributed by atoms with van der Waals surface area (Å²) in [5.74, 6) is 0.295. The number of methoxy groups -OCH3 is 1. The molecule has 0 unspecified atom stereocenters. The van der Waals surface area contributed by atoms with Gasteiger partial charge in [-0.1, -0.05) is 0 Å². The molecule has 0 radical (unpaired) electrons. The Morgan fingerprint density at radius 3 is 3.25 bits per heavy atom. The molecule has 0 fully saturated rings. The summed E-state index contributed by atoms with van der Waals surface area (Å²) >= 11 is 0. The highest BCUT2D eigenvalue weighted by Gasteiger charge is 2.00. The maximum atomic E-state index is 10.9. The topological polar surface area (TPSA) is 91.9 Å². The summed E-state index contributed by atoms with van der Waals surface area (Å²) in [5.41, 5.74) is 0. The van der Waals surface area contributed by atoms with Crippen LogP contribution in [0.1, 0.15) is 0 Å². The third-order valence-electron chi connectivity index (χ3n) is 1.02. The standard InChI is InChI=1S/C5H9N5O2/c1-12-3-7-5(11)9-4-6-2-8-10-4/h2H,3H2,1H3,(H3,6,7,8,9,10,11). The van der Waals surface area contributed by atoms with Crippen molar-refractivity contribution in [3.8, 4) is 0 Å². The van der Waals surface area contributed by atoms with E-state index in [4.69, 9.17) is 0 Å². The molecule has 1 aromatic rings. The molecule has 0 atom stereocenters. The van der Waals surface area contributed by atoms with Crippen molar-refractivity contribution in [2.45, 2.75) is 0 Å². The third kappa shape index (κ3) is 2.54. The number of hydrogen-bond donors (Lipinski definition) is 3. The molecule has 12 heavy (non-hydrogen) atoms. The first-order chi connectivity index (χ1) is 5.83. The van der Waals surface area contributed by atoms with Gasteiger partial charge in [-0.2, -0.15) is 10.1 Å². The van der Waals surface area contributed by atoms with Crippen molar-refractivity contribution in [3.63, 3.8) is 0 Å². The first kappa shape index (κ1) is 8.47. The molecule has 0 bridgehead atoms. The first-order valence-corrected chi connectivity index (χ1v) is 3.22. The van der Waals surface area contributed by atoms with Crippen LogP contribution in [-0.4, -0.2) is 35.1 Å². The van der Waals surface area contributed by atoms with E-state index in [1.807, 2.05) is 0 Å². The summed E-state index contributed by atoms with van der Waals surface area (Å²) in [5, 5.41) is 10.8. The van der Waals surface area contributed by atoms with Crippen LogP contribution < -0.4 is 10.6 Å². The number of H-pyrrole nitrogens is 1. The molecule has 0 aromatic carbocycles. The number of anilines is 1. The minimum absolute atomic E-state index is 0.153. The van der Waals surface area contributed by atoms with Crippen molar-refractivity contribution in [1.82, 2.24) is 20.5 Å². The summed E-state index contributed by atoms with van der Waals surface area (Å²) in [4.78, 5) is 14.6. The minimum Gasteiger partial charge on any atom is -0.364 e. The van der Waals surface area contributed by atoms with Crippen LogP contribution in [0.3, 0.4) is 0 Å². The van der Waals surface area contributed by atoms with Crippen molar-refractivity contribution in [2.75, 3.05) is 19.2 Å². The largest absolute Gasteiger partial charge is 0.364 e. The zero-order valence-corrected chi connectivity index (χ0v) is 6.50. The Labute approximate surface area is 68.5 Å². The molecule has 7 heteroatoms. The van der Waals surface area contributed by atoms with Crippen LogP contribution in [0, 0.1) is 0 Å². The molecule has 0 aliphatic heterocycles. The Bertz CT molecular complexity index is 234. The lowest BCUT2D eigenvalue weighted by Crippen LogP contribution is -2.30. The van der Waals surface area contributed by atoms with Gasteiger partial charge >= 0.3 is 6.03 Å². The predicted molar refractivity (Wildman–Crippen MR) is 40.4 cm³/mol. The summed E-state index contributed by atoms with van der Waals surface area (Å²) in [6.07, 6.45) is 1.30. The molecule has 0 spiro atoms. The van der Waals surface area contributed by atoms with Gasteiger partial charge in [-0.15, -0.1) is 0 Å². The average Bonchev–Trinajstić information content (AvgIpc) is 2.53. The molecule has 66 valence electrons. The van der Waals surface area contributed by atoms with E-state index >= 15 is 0 Å². The average molecular weight is 171 g/mol. The lowest BCUT2D eigenvalue weighted by atomic mass is 10.9. The molecule has 1 aromatic heterocycles. The van der Waals surface area contributed by atoms with Crippen molar-refractivity contribution in [2.24, 2.45) is 0 Å². The van der Waals surface area contributed by atoms with E-state index in [0.29, 0.717) is 5.95 Å². The number of aromatic nitrogens is 3. The number of urea groups is 1. The van der Waals surface area contributed by atoms with E-state index in [-0.39, 0.29) is 6.73 Å². The monoisotopic (exact) mass is 171 g/mol. The van der Waals surface area contributed by atoms with Gasteiger partial charge < -0.3 is 10.1 Å². The second-order valence-electron chi connectivity index (χ2n) is 1.90. The molecular formula is C5H9N5O2. The van der Waals surface area contributed by atoms with Crippen LogP contribution in [0.4, 0.5) is 10.7 Å². The van der Waals surface area contributed by atoms with Crippen molar-refractivity contribution < 1.29 is 9.53 Å². The molecule has 7 nitrogen and oxygen atoms in total. The number of nitrogens with one attached hydrogen (secondary N) is 3. The van der Waals surface area contributed by atoms with Gasteiger partial charge in [0.25, 0.3) is 0 Å². The van der Waals surface area contributed by atoms with Gasteiger partial charge in [-0.25, -0.2) is 9.89 Å². The second-order valence-corrected chi connectivity index (χ2v) is 1.90. The van der Waals surface area contributed by atoms with Crippen LogP contribution in [0.25, 0.3) is 0 Å². The molecule has 0 aliphatic rings. The number of carbonyl (C=O) groups is 1. The van der Waals surface area contributed by atoms with Crippen LogP contribution in [0.5, 0.6) is 0 Å². The number of amides is 2. The van der Waals surface area contributed by atoms with Crippen LogP contribution in [0.2, 0.25) is 0 Å². The number of aromatic amines is 1. The fourth-order valence-electron chi connectivity index (χ4n) is 0.555. The maximum absolute atomic E-state index is 10.9. The fourth-order valence-corrected chi connectivity index (χ4v) is 0.555. The lowest BCUT2D eigenvalue weighted by Gasteiger charge is -2.02. The van der Waals surface area contributed by atoms with Crippen molar-refractivity contribution in [1.29, 1.82) is 0 Å². The van der Waals surface area contributed by atoms with Gasteiger partial charge in [-0.3, -0.25) is 5.32 Å². The number of carbonyl (C=O) groups excluding carboxylic acids is 1. The summed E-state index contributed by atoms with van der Waals surface area (Å²) in [7, 11) is 1.48. The number of nitrogens with zero attached hydrogens (tertiary/aromatic N) is 2. The Hall–Kier alpha value is -1.63. The predicted octanol–water partition coefficient (Wildman–Crippen LogP) is -0.470. The molecular weight excluding hydrogens is 162 g/mol. The molecule has 3 N–H and O–H groups in total. The quantitative estimate of drug-likeness (QED) is 0.536. The Morgan fingerprint density at radius 1 is 1.83 bits per heavy atom. The highest BCUT2D eigenvalue weighted by molar-refractivity contribution is 5.87. The molecule has 2 amide bonds. The maximum Gasteiger partial charge on any atom is 0.323 e. The number of hydrogen-bond acceptors (Lipinski definition) is 4. The lowest BCUT2D eigenvalue weighted by molar-refractivity contribution is 0.177. The van der Waals surface area contributed by atoms with E-state index in [1.165, 1.54) is 13.4 Å². The summed E-state index contributed by atoms with van der Waals surface area (Å²) < 4.78 is 4.61. The molecule has 0 saturated carbocycles. The zero-order valence-electron chi connectivity index (χ0n) is 6.50. The van der Waals surface area contributed by atoms with Gasteiger partial charge in [0.15, 0.2) is 0 Å². The molecule has 0 aliphatic carbocycles. The van der Waals surface area contributed by atoms with Gasteiger partial charge in [0.2, 0.25) is 5.95 Å². The van der Waals surface area contributed by atoms with Gasteiger partial charge in [-0.05, 0) is 0 Å². The van der Waals surface area contributed by atoms with Crippen LogP contribution in [-0.2, 0) is 4.74 Å². The second kappa shape index (κ2) is 4.29. The molecule has 0 saturated heterocycles. The van der Waals surface area contributed by atoms with Crippen molar-refractivity contribution in [3.05, 3.63) is 6.33 Å². The van der Waals surface area contributed by atoms with E-state index in [0.717, 1.165) is 0 Å². The summed E-state index contributed by atoms with van der Waals surface area (Å²) in [6.45, 7) is 0.153. The van der Waals surface area contributed by atoms with E-state index in [2.05, 4.69) is 30.6 Å². The minimum atomic E-state index is -0.395. The summed E-state index contributed by atoms with van der Waals surface area (Å²) in [6, 6.07) is -0.395. The Kier molecular flexibility index (Phi) is 3.03. The van der Waals surface area contributed by atoms with Crippen LogP contribution >= 0.6 is 0 Å². The van der Waals surface area contributed by atoms with Gasteiger partial charge in [0.05, 0.1) is 0 Å². The third-order valence-corrected chi connectivity index (χ3v) is 1.02. The van der Waals surface area contributed by atoms with Crippen LogP contribution in [0.15, 0.2) is 6.33 Å². The zero-order chi connectivity index (χ0) is 8.81. The molecule has 1 heterocycles. The number of rotatable bonds is 3. The molecule has 1 rings (SSSR count). The van der Waals surface area contributed by atoms with E-state index in [9.17, 15) is 4.79 Å². The van der Waals surface area contributed by atoms with Gasteiger partial charge in [0, 0.05) is 7.11 Å². The highest BCUT2D eigenvalue weighted by atomic mass is 16.5. The number of ether oxygens (including phenoxy) is 1. The van der Waals surface area contributed by atoms with E-state index in [1.54, 1.807) is 0 Å². The first-order valence-electron chi connectivity index (χ1n) is 3.22. The van der Waals surface area contributed by atoms with Gasteiger partial charge in [0.1, 0.15) is 13.1 Å². The van der Waals surface area contributed by atoms with Crippen molar-refractivity contribution >= 4 is 12.0 Å². The Balaban J connectivity index is 2.27. The smallest absolute Gasteiger partial charge is 0.323 e. The highest BCUT2D eigenvalue weighted by Crippen LogP contribution is 1.90. The fraction of sp³-hybridized carbons (Fsp3) is 0.400. The van der Waals surface area contributed by atoms with E-state index < -0.39 is 6.03 Å². The SMILES string of the molecule is COCNC(=O)Nc1ncn[nH]1. The Morgan fingerprint density at radius 2 is 2.67 bits per heavy atom.